The third-order valence-electron chi connectivity index (χ3n) is 9.25. The molecule has 0 heterocycles. The zero-order chi connectivity index (χ0) is 37.0. The zero-order valence-corrected chi connectivity index (χ0v) is 34.1. The van der Waals surface area contributed by atoms with Gasteiger partial charge >= 0.3 is 0 Å². The summed E-state index contributed by atoms with van der Waals surface area (Å²) in [7, 11) is 0. The Morgan fingerprint density at radius 2 is 1.50 bits per heavy atom. The molecule has 2 aliphatic rings. The first kappa shape index (κ1) is 42.6. The highest BCUT2D eigenvalue weighted by Gasteiger charge is 2.36. The molecule has 48 heavy (non-hydrogen) atoms. The van der Waals surface area contributed by atoms with Crippen LogP contribution in [-0.2, 0) is 5.41 Å². The number of hydrogen-bond acceptors (Lipinski definition) is 0. The molecule has 4 rings (SSSR count). The largest absolute Gasteiger partial charge is 0.0988 e. The highest BCUT2D eigenvalue weighted by atomic mass is 14.4. The standard InChI is InChI=1S/C26H32.C11H18.C9H14.C2H6/c1-16(2)13-19(6)25(17(3)4)21-15-22-20-11-9-10-12-23(20)26(7,8)24(22)14-18(21)5;1-9-5-7-10(8-6-9)11(2,3)4;1-5-7-9(4)8(3)6-2;1-2/h9-15,17H,1-8H3;5,7-9H,6H2,1-4H3;5-7H,2H2,1,3-4H3;1-2H3/b25-19+;;7-5-,9-8-;. The molecule has 0 amide bonds. The number of hydrogen-bond donors (Lipinski definition) is 0. The van der Waals surface area contributed by atoms with Gasteiger partial charge in [-0.3, -0.25) is 0 Å². The third-order valence-corrected chi connectivity index (χ3v) is 9.25. The maximum atomic E-state index is 3.67. The maximum absolute atomic E-state index is 3.67. The first-order valence-electron chi connectivity index (χ1n) is 18.3. The van der Waals surface area contributed by atoms with Crippen LogP contribution >= 0.6 is 0 Å². The average Bonchev–Trinajstić information content (AvgIpc) is 3.23. The van der Waals surface area contributed by atoms with Crippen LogP contribution in [0.25, 0.3) is 16.7 Å². The highest BCUT2D eigenvalue weighted by molar-refractivity contribution is 5.85. The molecule has 0 aromatic heterocycles. The molecule has 0 saturated heterocycles. The van der Waals surface area contributed by atoms with Crippen LogP contribution in [0.1, 0.15) is 139 Å². The van der Waals surface area contributed by atoms with Crippen LogP contribution < -0.4 is 0 Å². The van der Waals surface area contributed by atoms with Crippen molar-refractivity contribution in [2.24, 2.45) is 17.3 Å². The molecule has 2 aromatic rings. The molecule has 0 saturated carbocycles. The fourth-order valence-electron chi connectivity index (χ4n) is 6.46. The smallest absolute Gasteiger partial charge is 0.0158 e. The Morgan fingerprint density at radius 1 is 0.896 bits per heavy atom. The van der Waals surface area contributed by atoms with Gasteiger partial charge in [-0.1, -0.05) is 154 Å². The third kappa shape index (κ3) is 11.4. The van der Waals surface area contributed by atoms with Crippen molar-refractivity contribution in [2.75, 3.05) is 0 Å². The van der Waals surface area contributed by atoms with Gasteiger partial charge < -0.3 is 0 Å². The van der Waals surface area contributed by atoms with Gasteiger partial charge in [0.25, 0.3) is 0 Å². The average molecular weight is 647 g/mol. The number of allylic oxidation sites excluding steroid dienone is 13. The van der Waals surface area contributed by atoms with Crippen LogP contribution in [0.5, 0.6) is 0 Å². The van der Waals surface area contributed by atoms with E-state index >= 15 is 0 Å². The van der Waals surface area contributed by atoms with Crippen molar-refractivity contribution in [1.29, 1.82) is 0 Å². The van der Waals surface area contributed by atoms with Gasteiger partial charge in [0.1, 0.15) is 0 Å². The van der Waals surface area contributed by atoms with Gasteiger partial charge in [0, 0.05) is 5.41 Å². The lowest BCUT2D eigenvalue weighted by molar-refractivity contribution is 0.507. The number of fused-ring (bicyclic) bond motifs is 3. The number of rotatable bonds is 5. The summed E-state index contributed by atoms with van der Waals surface area (Å²) in [5.41, 5.74) is 17.1. The molecule has 1 unspecified atom stereocenters. The minimum atomic E-state index is 0.0753. The van der Waals surface area contributed by atoms with Crippen LogP contribution in [0.4, 0.5) is 0 Å². The van der Waals surface area contributed by atoms with Gasteiger partial charge in [-0.2, -0.15) is 0 Å². The van der Waals surface area contributed by atoms with Gasteiger partial charge in [0.05, 0.1) is 0 Å². The second-order valence-electron chi connectivity index (χ2n) is 15.4. The Kier molecular flexibility index (Phi) is 16.9. The first-order valence-corrected chi connectivity index (χ1v) is 18.3. The van der Waals surface area contributed by atoms with Crippen LogP contribution in [0.3, 0.4) is 0 Å². The highest BCUT2D eigenvalue weighted by Crippen LogP contribution is 2.50. The molecular formula is C48H70. The molecule has 262 valence electrons. The van der Waals surface area contributed by atoms with E-state index in [0.29, 0.717) is 11.3 Å². The molecule has 0 radical (unpaired) electrons. The van der Waals surface area contributed by atoms with Crippen molar-refractivity contribution in [3.05, 3.63) is 136 Å². The lowest BCUT2D eigenvalue weighted by Crippen LogP contribution is -2.15. The summed E-state index contributed by atoms with van der Waals surface area (Å²) in [6.45, 7) is 41.1. The predicted octanol–water partition coefficient (Wildman–Crippen LogP) is 15.4. The Hall–Kier alpha value is -3.38. The maximum Gasteiger partial charge on any atom is 0.0158 e. The van der Waals surface area contributed by atoms with E-state index in [1.807, 2.05) is 32.9 Å². The van der Waals surface area contributed by atoms with Gasteiger partial charge in [-0.15, -0.1) is 0 Å². The fourth-order valence-corrected chi connectivity index (χ4v) is 6.46. The van der Waals surface area contributed by atoms with Crippen molar-refractivity contribution >= 4 is 5.57 Å². The minimum absolute atomic E-state index is 0.0753. The zero-order valence-electron chi connectivity index (χ0n) is 34.1. The second-order valence-corrected chi connectivity index (χ2v) is 15.4. The van der Waals surface area contributed by atoms with E-state index in [2.05, 4.69) is 170 Å². The molecule has 0 fully saturated rings. The van der Waals surface area contributed by atoms with E-state index in [1.54, 1.807) is 0 Å². The molecular weight excluding hydrogens is 577 g/mol. The van der Waals surface area contributed by atoms with E-state index in [-0.39, 0.29) is 5.41 Å². The summed E-state index contributed by atoms with van der Waals surface area (Å²) in [6, 6.07) is 13.8. The lowest BCUT2D eigenvalue weighted by Gasteiger charge is -2.24. The van der Waals surface area contributed by atoms with Gasteiger partial charge in [0.15, 0.2) is 0 Å². The molecule has 0 N–H and O–H groups in total. The Morgan fingerprint density at radius 3 is 1.98 bits per heavy atom. The first-order chi connectivity index (χ1) is 22.4. The van der Waals surface area contributed by atoms with Gasteiger partial charge in [-0.25, -0.2) is 0 Å². The molecule has 0 heteroatoms. The van der Waals surface area contributed by atoms with Crippen molar-refractivity contribution in [3.63, 3.8) is 0 Å². The summed E-state index contributed by atoms with van der Waals surface area (Å²) in [5, 5.41) is 0. The Balaban J connectivity index is 0.000000431. The molecule has 0 spiro atoms. The van der Waals surface area contributed by atoms with Crippen molar-refractivity contribution in [3.8, 4) is 11.1 Å². The molecule has 1 atom stereocenters. The Bertz CT molecular complexity index is 1560. The van der Waals surface area contributed by atoms with Crippen LogP contribution in [-0.4, -0.2) is 0 Å². The molecule has 0 aliphatic heterocycles. The Labute approximate surface area is 298 Å². The normalized spacial score (nSPS) is 16.8. The summed E-state index contributed by atoms with van der Waals surface area (Å²) in [5.74, 6) is 1.23. The number of aryl methyl sites for hydroxylation is 1. The summed E-state index contributed by atoms with van der Waals surface area (Å²) in [4.78, 5) is 0. The van der Waals surface area contributed by atoms with Crippen LogP contribution in [0.15, 0.2) is 113 Å². The number of benzene rings is 2. The van der Waals surface area contributed by atoms with Crippen LogP contribution in [0.2, 0.25) is 0 Å². The molecule has 2 aromatic carbocycles. The summed E-state index contributed by atoms with van der Waals surface area (Å²) < 4.78 is 0. The van der Waals surface area contributed by atoms with E-state index in [9.17, 15) is 0 Å². The predicted molar refractivity (Wildman–Crippen MR) is 221 cm³/mol. The fraction of sp³-hybridized carbons (Fsp3) is 0.458. The summed E-state index contributed by atoms with van der Waals surface area (Å²) >= 11 is 0. The topological polar surface area (TPSA) is 0 Å². The molecule has 0 bridgehead atoms. The second kappa shape index (κ2) is 19.0. The molecule has 0 nitrogen and oxygen atoms in total. The van der Waals surface area contributed by atoms with Crippen molar-refractivity contribution in [2.45, 2.75) is 130 Å². The van der Waals surface area contributed by atoms with Gasteiger partial charge in [-0.05, 0) is 139 Å². The van der Waals surface area contributed by atoms with E-state index in [1.165, 1.54) is 73.2 Å². The monoisotopic (exact) mass is 647 g/mol. The SMILES string of the molecule is C=C/C(C)=C(C)\C=C/C.CC.CC(C)=C/C(C)=C(/c1cc2c(cc1C)C(C)(C)c1ccccc1-2)C(C)C.CC1C=CC(C(C)(C)C)=CC1. The minimum Gasteiger partial charge on any atom is -0.0988 e. The van der Waals surface area contributed by atoms with E-state index in [4.69, 9.17) is 0 Å². The van der Waals surface area contributed by atoms with Crippen molar-refractivity contribution < 1.29 is 0 Å². The van der Waals surface area contributed by atoms with E-state index in [0.717, 1.165) is 5.92 Å². The van der Waals surface area contributed by atoms with E-state index < -0.39 is 0 Å². The lowest BCUT2D eigenvalue weighted by atomic mass is 9.80. The quantitative estimate of drug-likeness (QED) is 0.284. The van der Waals surface area contributed by atoms with Crippen molar-refractivity contribution in [1.82, 2.24) is 0 Å². The van der Waals surface area contributed by atoms with Gasteiger partial charge in [0.2, 0.25) is 0 Å². The summed E-state index contributed by atoms with van der Waals surface area (Å²) in [6.07, 6.45) is 16.5. The molecule has 2 aliphatic carbocycles. The van der Waals surface area contributed by atoms with Crippen LogP contribution in [0, 0.1) is 24.2 Å².